The van der Waals surface area contributed by atoms with Crippen LogP contribution in [0.4, 0.5) is 10.1 Å². The van der Waals surface area contributed by atoms with E-state index in [2.05, 4.69) is 5.32 Å². The molecule has 1 heterocycles. The highest BCUT2D eigenvalue weighted by Crippen LogP contribution is 2.20. The minimum absolute atomic E-state index is 0.149. The number of methoxy groups -OCH3 is 1. The molecular formula is C16H22FN3O3. The quantitative estimate of drug-likeness (QED) is 0.846. The Kier molecular flexibility index (Phi) is 6.06. The monoisotopic (exact) mass is 323 g/mol. The summed E-state index contributed by atoms with van der Waals surface area (Å²) >= 11 is 0. The average molecular weight is 323 g/mol. The van der Waals surface area contributed by atoms with Crippen molar-refractivity contribution in [1.82, 2.24) is 4.90 Å². The van der Waals surface area contributed by atoms with Crippen LogP contribution in [0.15, 0.2) is 24.3 Å². The minimum Gasteiger partial charge on any atom is -0.383 e. The van der Waals surface area contributed by atoms with Crippen LogP contribution < -0.4 is 11.1 Å². The lowest BCUT2D eigenvalue weighted by molar-refractivity contribution is -0.136. The number of carbonyl (C=O) groups is 2. The zero-order chi connectivity index (χ0) is 16.8. The maximum Gasteiger partial charge on any atom is 0.241 e. The van der Waals surface area contributed by atoms with Crippen LogP contribution in [0.25, 0.3) is 0 Å². The first kappa shape index (κ1) is 17.4. The average Bonchev–Trinajstić information content (AvgIpc) is 2.54. The lowest BCUT2D eigenvalue weighted by Gasteiger charge is -2.32. The van der Waals surface area contributed by atoms with E-state index >= 15 is 0 Å². The summed E-state index contributed by atoms with van der Waals surface area (Å²) in [5, 5.41) is 2.71. The van der Waals surface area contributed by atoms with E-state index in [9.17, 15) is 14.0 Å². The standard InChI is InChI=1S/C16H22FN3O3/c1-23-10-14(18)16(22)20-7-5-11(6-8-20)15(21)19-13-4-2-3-12(17)9-13/h2-4,9,11,14H,5-8,10,18H2,1H3,(H,19,21). The van der Waals surface area contributed by atoms with Crippen molar-refractivity contribution in [3.8, 4) is 0 Å². The van der Waals surface area contributed by atoms with Crippen molar-refractivity contribution in [3.05, 3.63) is 30.1 Å². The number of piperidine rings is 1. The first-order valence-corrected chi connectivity index (χ1v) is 7.61. The van der Waals surface area contributed by atoms with Crippen molar-refractivity contribution >= 4 is 17.5 Å². The number of amides is 2. The van der Waals surface area contributed by atoms with Gasteiger partial charge in [0.25, 0.3) is 0 Å². The fraction of sp³-hybridized carbons (Fsp3) is 0.500. The maximum atomic E-state index is 13.1. The van der Waals surface area contributed by atoms with Crippen molar-refractivity contribution in [3.63, 3.8) is 0 Å². The summed E-state index contributed by atoms with van der Waals surface area (Å²) in [7, 11) is 1.50. The van der Waals surface area contributed by atoms with Gasteiger partial charge in [0.2, 0.25) is 11.8 Å². The van der Waals surface area contributed by atoms with Gasteiger partial charge in [0.15, 0.2) is 0 Å². The molecular weight excluding hydrogens is 301 g/mol. The highest BCUT2D eigenvalue weighted by atomic mass is 19.1. The van der Waals surface area contributed by atoms with Gasteiger partial charge in [-0.1, -0.05) is 6.07 Å². The highest BCUT2D eigenvalue weighted by molar-refractivity contribution is 5.92. The van der Waals surface area contributed by atoms with E-state index in [-0.39, 0.29) is 24.3 Å². The molecule has 0 spiro atoms. The van der Waals surface area contributed by atoms with Crippen molar-refractivity contribution in [2.24, 2.45) is 11.7 Å². The predicted molar refractivity (Wildman–Crippen MR) is 84.2 cm³/mol. The van der Waals surface area contributed by atoms with Crippen molar-refractivity contribution in [2.45, 2.75) is 18.9 Å². The summed E-state index contributed by atoms with van der Waals surface area (Å²) < 4.78 is 18.0. The van der Waals surface area contributed by atoms with E-state index in [0.717, 1.165) is 0 Å². The molecule has 6 nitrogen and oxygen atoms in total. The Labute approximate surface area is 134 Å². The van der Waals surface area contributed by atoms with Crippen LogP contribution in [0, 0.1) is 11.7 Å². The number of likely N-dealkylation sites (tertiary alicyclic amines) is 1. The molecule has 1 saturated heterocycles. The van der Waals surface area contributed by atoms with Gasteiger partial charge in [-0.15, -0.1) is 0 Å². The van der Waals surface area contributed by atoms with Crippen LogP contribution >= 0.6 is 0 Å². The highest BCUT2D eigenvalue weighted by Gasteiger charge is 2.29. The SMILES string of the molecule is COCC(N)C(=O)N1CCC(C(=O)Nc2cccc(F)c2)CC1. The Balaban J connectivity index is 1.84. The molecule has 0 bridgehead atoms. The predicted octanol–water partition coefficient (Wildman–Crippen LogP) is 0.977. The number of nitrogens with zero attached hydrogens (tertiary/aromatic N) is 1. The Morgan fingerprint density at radius 2 is 2.13 bits per heavy atom. The van der Waals surface area contributed by atoms with Crippen molar-refractivity contribution in [1.29, 1.82) is 0 Å². The largest absolute Gasteiger partial charge is 0.383 e. The first-order valence-electron chi connectivity index (χ1n) is 7.61. The Hall–Kier alpha value is -1.99. The Morgan fingerprint density at radius 3 is 2.74 bits per heavy atom. The van der Waals surface area contributed by atoms with Gasteiger partial charge in [-0.05, 0) is 31.0 Å². The molecule has 1 aliphatic rings. The van der Waals surface area contributed by atoms with Gasteiger partial charge in [0.1, 0.15) is 11.9 Å². The van der Waals surface area contributed by atoms with Gasteiger partial charge < -0.3 is 20.7 Å². The second kappa shape index (κ2) is 8.03. The van der Waals surface area contributed by atoms with Gasteiger partial charge in [-0.3, -0.25) is 9.59 Å². The molecule has 23 heavy (non-hydrogen) atoms. The van der Waals surface area contributed by atoms with E-state index in [0.29, 0.717) is 31.6 Å². The zero-order valence-electron chi connectivity index (χ0n) is 13.1. The van der Waals surface area contributed by atoms with Crippen LogP contribution in [-0.4, -0.2) is 49.6 Å². The van der Waals surface area contributed by atoms with E-state index in [1.807, 2.05) is 0 Å². The summed E-state index contributed by atoms with van der Waals surface area (Å²) in [4.78, 5) is 25.9. The number of hydrogen-bond donors (Lipinski definition) is 2. The third kappa shape index (κ3) is 4.74. The van der Waals surface area contributed by atoms with Crippen LogP contribution in [0.2, 0.25) is 0 Å². The molecule has 3 N–H and O–H groups in total. The van der Waals surface area contributed by atoms with Crippen LogP contribution in [0.3, 0.4) is 0 Å². The fourth-order valence-corrected chi connectivity index (χ4v) is 2.66. The van der Waals surface area contributed by atoms with E-state index in [1.165, 1.54) is 19.2 Å². The number of ether oxygens (including phenoxy) is 1. The van der Waals surface area contributed by atoms with Crippen LogP contribution in [-0.2, 0) is 14.3 Å². The number of nitrogens with two attached hydrogens (primary N) is 1. The Bertz CT molecular complexity index is 559. The maximum absolute atomic E-state index is 13.1. The molecule has 2 amide bonds. The van der Waals surface area contributed by atoms with E-state index < -0.39 is 11.9 Å². The molecule has 0 aliphatic carbocycles. The number of halogens is 1. The van der Waals surface area contributed by atoms with E-state index in [4.69, 9.17) is 10.5 Å². The smallest absolute Gasteiger partial charge is 0.241 e. The number of nitrogens with one attached hydrogen (secondary N) is 1. The normalized spacial score (nSPS) is 16.9. The van der Waals surface area contributed by atoms with Crippen molar-refractivity contribution < 1.29 is 18.7 Å². The van der Waals surface area contributed by atoms with Gasteiger partial charge >= 0.3 is 0 Å². The third-order valence-corrected chi connectivity index (χ3v) is 3.93. The second-order valence-corrected chi connectivity index (χ2v) is 5.66. The third-order valence-electron chi connectivity index (χ3n) is 3.93. The number of rotatable bonds is 5. The molecule has 7 heteroatoms. The lowest BCUT2D eigenvalue weighted by Crippen LogP contribution is -2.49. The molecule has 2 rings (SSSR count). The number of anilines is 1. The number of benzene rings is 1. The summed E-state index contributed by atoms with van der Waals surface area (Å²) in [6.45, 7) is 1.15. The second-order valence-electron chi connectivity index (χ2n) is 5.66. The van der Waals surface area contributed by atoms with Crippen molar-refractivity contribution in [2.75, 3.05) is 32.1 Å². The molecule has 0 saturated carbocycles. The molecule has 0 aromatic heterocycles. The molecule has 1 aliphatic heterocycles. The van der Waals surface area contributed by atoms with Crippen LogP contribution in [0.1, 0.15) is 12.8 Å². The summed E-state index contributed by atoms with van der Waals surface area (Å²) in [6, 6.07) is 5.12. The number of carbonyl (C=O) groups excluding carboxylic acids is 2. The van der Waals surface area contributed by atoms with Crippen LogP contribution in [0.5, 0.6) is 0 Å². The topological polar surface area (TPSA) is 84.7 Å². The molecule has 1 fully saturated rings. The molecule has 0 radical (unpaired) electrons. The first-order chi connectivity index (χ1) is 11.0. The summed E-state index contributed by atoms with van der Waals surface area (Å²) in [6.07, 6.45) is 1.12. The van der Waals surface area contributed by atoms with Gasteiger partial charge in [0, 0.05) is 31.8 Å². The minimum atomic E-state index is -0.669. The van der Waals surface area contributed by atoms with E-state index in [1.54, 1.807) is 17.0 Å². The Morgan fingerprint density at radius 1 is 1.43 bits per heavy atom. The zero-order valence-corrected chi connectivity index (χ0v) is 13.1. The molecule has 1 aromatic carbocycles. The van der Waals surface area contributed by atoms with Gasteiger partial charge in [0.05, 0.1) is 6.61 Å². The van der Waals surface area contributed by atoms with Gasteiger partial charge in [-0.2, -0.15) is 0 Å². The molecule has 1 atom stereocenters. The summed E-state index contributed by atoms with van der Waals surface area (Å²) in [5.41, 5.74) is 6.18. The molecule has 1 unspecified atom stereocenters. The molecule has 1 aromatic rings. The fourth-order valence-electron chi connectivity index (χ4n) is 2.66. The molecule has 126 valence electrons. The summed E-state index contributed by atoms with van der Waals surface area (Å²) in [5.74, 6) is -0.893. The van der Waals surface area contributed by atoms with Gasteiger partial charge in [-0.25, -0.2) is 4.39 Å². The lowest BCUT2D eigenvalue weighted by atomic mass is 9.95. The number of hydrogen-bond acceptors (Lipinski definition) is 4.